The quantitative estimate of drug-likeness (QED) is 0.526. The Labute approximate surface area is 122 Å². The largest absolute Gasteiger partial charge is 0.573 e. The molecule has 0 aliphatic heterocycles. The van der Waals surface area contributed by atoms with Gasteiger partial charge in [0.15, 0.2) is 5.75 Å². The van der Waals surface area contributed by atoms with Crippen molar-refractivity contribution in [2.24, 2.45) is 10.9 Å². The molecule has 0 aliphatic rings. The number of ether oxygens (including phenoxy) is 1. The molecule has 1 rings (SSSR count). The maximum Gasteiger partial charge on any atom is 0.573 e. The van der Waals surface area contributed by atoms with E-state index >= 15 is 0 Å². The Morgan fingerprint density at radius 2 is 1.85 bits per heavy atom. The molecule has 114 valence electrons. The molecule has 1 aromatic carbocycles. The Morgan fingerprint density at radius 1 is 1.30 bits per heavy atom. The first kappa shape index (κ1) is 18.8. The van der Waals surface area contributed by atoms with E-state index in [9.17, 15) is 13.2 Å². The fourth-order valence-electron chi connectivity index (χ4n) is 1.14. The molecular formula is C14H20F3NOS. The molecule has 6 heteroatoms. The molecule has 0 aromatic heterocycles. The summed E-state index contributed by atoms with van der Waals surface area (Å²) in [6.45, 7) is 11.7. The van der Waals surface area contributed by atoms with Gasteiger partial charge in [0.05, 0.1) is 0 Å². The summed E-state index contributed by atoms with van der Waals surface area (Å²) in [5, 5.41) is 0. The highest BCUT2D eigenvalue weighted by Crippen LogP contribution is 2.39. The fourth-order valence-corrected chi connectivity index (χ4v) is 1.92. The van der Waals surface area contributed by atoms with E-state index in [4.69, 9.17) is 0 Å². The van der Waals surface area contributed by atoms with Gasteiger partial charge in [0, 0.05) is 4.90 Å². The molecule has 0 atom stereocenters. The summed E-state index contributed by atoms with van der Waals surface area (Å²) in [4.78, 5) is 4.20. The van der Waals surface area contributed by atoms with Crippen LogP contribution in [0, 0.1) is 5.92 Å². The van der Waals surface area contributed by atoms with E-state index in [1.165, 1.54) is 23.9 Å². The minimum atomic E-state index is -4.71. The zero-order chi connectivity index (χ0) is 15.8. The van der Waals surface area contributed by atoms with Crippen molar-refractivity contribution in [3.63, 3.8) is 0 Å². The van der Waals surface area contributed by atoms with Crippen molar-refractivity contribution in [2.75, 3.05) is 5.75 Å². The van der Waals surface area contributed by atoms with Crippen LogP contribution in [-0.4, -0.2) is 18.8 Å². The number of rotatable bonds is 4. The van der Waals surface area contributed by atoms with E-state index in [0.717, 1.165) is 11.7 Å². The molecule has 0 spiro atoms. The van der Waals surface area contributed by atoms with Gasteiger partial charge < -0.3 is 4.74 Å². The zero-order valence-electron chi connectivity index (χ0n) is 12.1. The predicted octanol–water partition coefficient (Wildman–Crippen LogP) is 5.69. The van der Waals surface area contributed by atoms with Crippen LogP contribution in [0.25, 0.3) is 0 Å². The first-order valence-electron chi connectivity index (χ1n) is 6.19. The van der Waals surface area contributed by atoms with Crippen molar-refractivity contribution in [2.45, 2.75) is 39.0 Å². The lowest BCUT2D eigenvalue weighted by molar-refractivity contribution is -0.274. The molecule has 0 aliphatic carbocycles. The average molecular weight is 307 g/mol. The third-order valence-electron chi connectivity index (χ3n) is 1.65. The summed E-state index contributed by atoms with van der Waals surface area (Å²) >= 11 is 1.39. The van der Waals surface area contributed by atoms with Crippen molar-refractivity contribution in [1.82, 2.24) is 0 Å². The smallest absolute Gasteiger partial charge is 0.403 e. The standard InChI is InChI=1S/C10H10F3NOS.C4H10/c1-3-16-8-6-4-5-7(9(8)14-2)15-10(11,12)13;1-4(2)3/h4-6H,2-3H2,1H3;4H,1-3H3. The topological polar surface area (TPSA) is 21.6 Å². The lowest BCUT2D eigenvalue weighted by atomic mass is 10.3. The van der Waals surface area contributed by atoms with E-state index in [1.54, 1.807) is 6.07 Å². The second kappa shape index (κ2) is 8.89. The van der Waals surface area contributed by atoms with E-state index in [2.05, 4.69) is 37.2 Å². The number of nitrogens with zero attached hydrogens (tertiary/aromatic N) is 1. The van der Waals surface area contributed by atoms with Gasteiger partial charge in [-0.25, -0.2) is 0 Å². The molecule has 0 radical (unpaired) electrons. The van der Waals surface area contributed by atoms with Crippen LogP contribution in [0.5, 0.6) is 5.75 Å². The van der Waals surface area contributed by atoms with E-state index in [0.29, 0.717) is 4.90 Å². The minimum Gasteiger partial charge on any atom is -0.403 e. The fraction of sp³-hybridized carbons (Fsp3) is 0.500. The molecule has 0 N–H and O–H groups in total. The average Bonchev–Trinajstić information content (AvgIpc) is 2.27. The van der Waals surface area contributed by atoms with Crippen molar-refractivity contribution in [1.29, 1.82) is 0 Å². The highest BCUT2D eigenvalue weighted by atomic mass is 32.2. The summed E-state index contributed by atoms with van der Waals surface area (Å²) in [6, 6.07) is 4.40. The summed E-state index contributed by atoms with van der Waals surface area (Å²) in [6.07, 6.45) is -4.71. The Kier molecular flexibility index (Phi) is 8.37. The van der Waals surface area contributed by atoms with Crippen LogP contribution in [0.3, 0.4) is 0 Å². The minimum absolute atomic E-state index is 0.131. The molecule has 2 nitrogen and oxygen atoms in total. The lowest BCUT2D eigenvalue weighted by Crippen LogP contribution is -2.17. The Balaban J connectivity index is 0.000000796. The van der Waals surface area contributed by atoms with Gasteiger partial charge in [-0.1, -0.05) is 33.8 Å². The SMILES string of the molecule is C=Nc1c(OC(F)(F)F)cccc1SCC.CC(C)C. The first-order valence-corrected chi connectivity index (χ1v) is 7.18. The number of alkyl halides is 3. The molecule has 0 heterocycles. The number of hydrogen-bond acceptors (Lipinski definition) is 3. The third kappa shape index (κ3) is 8.09. The van der Waals surface area contributed by atoms with Gasteiger partial charge in [0.1, 0.15) is 5.69 Å². The van der Waals surface area contributed by atoms with Crippen molar-refractivity contribution < 1.29 is 17.9 Å². The number of benzene rings is 1. The number of thioether (sulfide) groups is 1. The maximum absolute atomic E-state index is 12.1. The van der Waals surface area contributed by atoms with Crippen LogP contribution in [0.15, 0.2) is 28.1 Å². The molecular weight excluding hydrogens is 287 g/mol. The van der Waals surface area contributed by atoms with E-state index in [1.807, 2.05) is 6.92 Å². The van der Waals surface area contributed by atoms with Crippen LogP contribution in [0.2, 0.25) is 0 Å². The summed E-state index contributed by atoms with van der Waals surface area (Å²) in [5.74, 6) is 1.25. The normalized spacial score (nSPS) is 10.8. The van der Waals surface area contributed by atoms with Crippen molar-refractivity contribution in [3.8, 4) is 5.75 Å². The van der Waals surface area contributed by atoms with Crippen molar-refractivity contribution in [3.05, 3.63) is 18.2 Å². The first-order chi connectivity index (χ1) is 9.21. The Bertz CT molecular complexity index is 417. The van der Waals surface area contributed by atoms with Crippen LogP contribution in [0.4, 0.5) is 18.9 Å². The molecule has 0 fully saturated rings. The Hall–Kier alpha value is -1.17. The van der Waals surface area contributed by atoms with Gasteiger partial charge >= 0.3 is 6.36 Å². The molecule has 0 amide bonds. The third-order valence-corrected chi connectivity index (χ3v) is 2.57. The number of para-hydroxylation sites is 1. The van der Waals surface area contributed by atoms with Gasteiger partial charge in [-0.3, -0.25) is 4.99 Å². The van der Waals surface area contributed by atoms with Crippen molar-refractivity contribution >= 4 is 24.2 Å². The summed E-state index contributed by atoms with van der Waals surface area (Å²) in [7, 11) is 0. The molecule has 1 aromatic rings. The molecule has 0 unspecified atom stereocenters. The number of aliphatic imine (C=N–C) groups is 1. The molecule has 0 saturated heterocycles. The van der Waals surface area contributed by atoms with Gasteiger partial charge in [0.2, 0.25) is 0 Å². The number of hydrogen-bond donors (Lipinski definition) is 0. The highest BCUT2D eigenvalue weighted by molar-refractivity contribution is 7.99. The zero-order valence-corrected chi connectivity index (χ0v) is 12.9. The van der Waals surface area contributed by atoms with Gasteiger partial charge in [-0.05, 0) is 30.5 Å². The lowest BCUT2D eigenvalue weighted by Gasteiger charge is -2.12. The maximum atomic E-state index is 12.1. The summed E-state index contributed by atoms with van der Waals surface area (Å²) < 4.78 is 40.1. The Morgan fingerprint density at radius 3 is 2.25 bits per heavy atom. The van der Waals surface area contributed by atoms with Gasteiger partial charge in [-0.2, -0.15) is 0 Å². The van der Waals surface area contributed by atoms with Gasteiger partial charge in [-0.15, -0.1) is 24.9 Å². The van der Waals surface area contributed by atoms with E-state index in [-0.39, 0.29) is 11.4 Å². The van der Waals surface area contributed by atoms with Crippen LogP contribution in [-0.2, 0) is 0 Å². The van der Waals surface area contributed by atoms with Crippen LogP contribution in [0.1, 0.15) is 27.7 Å². The van der Waals surface area contributed by atoms with Crippen LogP contribution >= 0.6 is 11.8 Å². The van der Waals surface area contributed by atoms with E-state index < -0.39 is 6.36 Å². The number of halogens is 3. The monoisotopic (exact) mass is 307 g/mol. The molecule has 20 heavy (non-hydrogen) atoms. The highest BCUT2D eigenvalue weighted by Gasteiger charge is 2.32. The predicted molar refractivity (Wildman–Crippen MR) is 79.2 cm³/mol. The second-order valence-electron chi connectivity index (χ2n) is 4.47. The second-order valence-corrected chi connectivity index (χ2v) is 5.78. The summed E-state index contributed by atoms with van der Waals surface area (Å²) in [5.41, 5.74) is 0.131. The van der Waals surface area contributed by atoms with Gasteiger partial charge in [0.25, 0.3) is 0 Å². The molecule has 0 saturated carbocycles. The molecule has 0 bridgehead atoms. The van der Waals surface area contributed by atoms with Crippen LogP contribution < -0.4 is 4.74 Å².